The zero-order valence-electron chi connectivity index (χ0n) is 20.4. The molecule has 1 atom stereocenters. The molecule has 184 valence electrons. The zero-order valence-corrected chi connectivity index (χ0v) is 21.3. The molecular weight excluding hydrogens is 476 g/mol. The van der Waals surface area contributed by atoms with E-state index in [4.69, 9.17) is 23.9 Å². The van der Waals surface area contributed by atoms with Crippen molar-refractivity contribution in [2.24, 2.45) is 0 Å². The second kappa shape index (κ2) is 10.3. The maximum atomic E-state index is 6.43. The number of methoxy groups -OCH3 is 3. The summed E-state index contributed by atoms with van der Waals surface area (Å²) in [6.45, 7) is 2.07. The molecule has 1 aromatic heterocycles. The number of thioether (sulfide) groups is 1. The largest absolute Gasteiger partial charge is 0.493 e. The Balaban J connectivity index is 1.53. The van der Waals surface area contributed by atoms with Crippen LogP contribution in [0.25, 0.3) is 11.3 Å². The highest BCUT2D eigenvalue weighted by Gasteiger charge is 2.30. The standard InChI is InChI=1S/C27H26N4O4S/c1-16-9-11-17(12-10-16)15-36-27-29-26-22(30-31-27)18-7-5-6-8-20(18)28-25(35-26)19-13-14-21(32-2)24(34-4)23(19)33-3/h5-14,25,28H,15H2,1-4H3/t25-/m1/s1. The van der Waals surface area contributed by atoms with Crippen LogP contribution in [0.15, 0.2) is 65.8 Å². The number of para-hydroxylation sites is 1. The van der Waals surface area contributed by atoms with Gasteiger partial charge in [-0.2, -0.15) is 4.98 Å². The predicted molar refractivity (Wildman–Crippen MR) is 139 cm³/mol. The molecule has 0 amide bonds. The first kappa shape index (κ1) is 23.7. The summed E-state index contributed by atoms with van der Waals surface area (Å²) in [7, 11) is 4.75. The molecule has 0 bridgehead atoms. The Hall–Kier alpha value is -3.98. The Labute approximate surface area is 214 Å². The molecule has 9 heteroatoms. The van der Waals surface area contributed by atoms with Crippen LogP contribution in [0.5, 0.6) is 23.1 Å². The summed E-state index contributed by atoms with van der Waals surface area (Å²) in [6.07, 6.45) is -0.631. The average molecular weight is 503 g/mol. The van der Waals surface area contributed by atoms with Gasteiger partial charge in [-0.05, 0) is 30.7 Å². The van der Waals surface area contributed by atoms with Gasteiger partial charge < -0.3 is 24.3 Å². The van der Waals surface area contributed by atoms with E-state index < -0.39 is 6.23 Å². The van der Waals surface area contributed by atoms with Crippen LogP contribution in [-0.2, 0) is 5.75 Å². The van der Waals surface area contributed by atoms with Crippen molar-refractivity contribution in [3.05, 3.63) is 77.4 Å². The maximum absolute atomic E-state index is 6.43. The number of aromatic nitrogens is 3. The molecule has 1 N–H and O–H groups in total. The highest BCUT2D eigenvalue weighted by atomic mass is 32.2. The van der Waals surface area contributed by atoms with Gasteiger partial charge in [0.05, 0.1) is 26.9 Å². The van der Waals surface area contributed by atoms with Gasteiger partial charge in [-0.25, -0.2) is 0 Å². The Morgan fingerprint density at radius 1 is 0.889 bits per heavy atom. The molecule has 0 spiro atoms. The van der Waals surface area contributed by atoms with Gasteiger partial charge in [-0.3, -0.25) is 0 Å². The molecule has 1 aliphatic heterocycles. The smallest absolute Gasteiger partial charge is 0.247 e. The molecule has 0 aliphatic carbocycles. The summed E-state index contributed by atoms with van der Waals surface area (Å²) in [5.74, 6) is 2.66. The molecule has 36 heavy (non-hydrogen) atoms. The fourth-order valence-corrected chi connectivity index (χ4v) is 4.75. The maximum Gasteiger partial charge on any atom is 0.247 e. The lowest BCUT2D eigenvalue weighted by atomic mass is 10.1. The molecule has 5 rings (SSSR count). The molecule has 3 aromatic carbocycles. The quantitative estimate of drug-likeness (QED) is 0.321. The molecule has 0 fully saturated rings. The van der Waals surface area contributed by atoms with Crippen LogP contribution in [0.2, 0.25) is 0 Å². The Morgan fingerprint density at radius 2 is 1.67 bits per heavy atom. The number of aryl methyl sites for hydroxylation is 1. The van der Waals surface area contributed by atoms with Crippen LogP contribution in [0, 0.1) is 6.92 Å². The highest BCUT2D eigenvalue weighted by molar-refractivity contribution is 7.98. The minimum absolute atomic E-state index is 0.385. The van der Waals surface area contributed by atoms with Gasteiger partial charge in [0.15, 0.2) is 17.2 Å². The van der Waals surface area contributed by atoms with E-state index in [1.54, 1.807) is 21.3 Å². The molecule has 0 unspecified atom stereocenters. The second-order valence-electron chi connectivity index (χ2n) is 8.13. The third-order valence-corrected chi connectivity index (χ3v) is 6.75. The molecular formula is C27H26N4O4S. The number of fused-ring (bicyclic) bond motifs is 3. The summed E-state index contributed by atoms with van der Waals surface area (Å²) < 4.78 is 23.2. The van der Waals surface area contributed by atoms with Gasteiger partial charge in [0.2, 0.25) is 23.0 Å². The first-order valence-corrected chi connectivity index (χ1v) is 12.3. The molecule has 0 saturated heterocycles. The van der Waals surface area contributed by atoms with Crippen molar-refractivity contribution in [2.45, 2.75) is 24.1 Å². The van der Waals surface area contributed by atoms with Crippen molar-refractivity contribution in [1.29, 1.82) is 0 Å². The number of nitrogens with zero attached hydrogens (tertiary/aromatic N) is 3. The van der Waals surface area contributed by atoms with E-state index in [1.165, 1.54) is 22.9 Å². The van der Waals surface area contributed by atoms with Crippen LogP contribution >= 0.6 is 11.8 Å². The van der Waals surface area contributed by atoms with Gasteiger partial charge in [0.1, 0.15) is 0 Å². The molecule has 2 heterocycles. The molecule has 8 nitrogen and oxygen atoms in total. The summed E-state index contributed by atoms with van der Waals surface area (Å²) in [4.78, 5) is 4.74. The monoisotopic (exact) mass is 502 g/mol. The van der Waals surface area contributed by atoms with E-state index in [0.717, 1.165) is 22.6 Å². The van der Waals surface area contributed by atoms with Crippen LogP contribution in [0.3, 0.4) is 0 Å². The van der Waals surface area contributed by atoms with Crippen molar-refractivity contribution in [1.82, 2.24) is 15.2 Å². The first-order chi connectivity index (χ1) is 17.6. The average Bonchev–Trinajstić information content (AvgIpc) is 3.08. The third-order valence-electron chi connectivity index (χ3n) is 5.84. The van der Waals surface area contributed by atoms with E-state index in [-0.39, 0.29) is 0 Å². The number of ether oxygens (including phenoxy) is 4. The number of hydrogen-bond donors (Lipinski definition) is 1. The minimum atomic E-state index is -0.631. The lowest BCUT2D eigenvalue weighted by molar-refractivity contribution is 0.217. The van der Waals surface area contributed by atoms with Gasteiger partial charge in [0, 0.05) is 17.0 Å². The zero-order chi connectivity index (χ0) is 25.1. The van der Waals surface area contributed by atoms with Crippen molar-refractivity contribution in [3.63, 3.8) is 0 Å². The Bertz CT molecular complexity index is 1380. The fourth-order valence-electron chi connectivity index (χ4n) is 4.01. The summed E-state index contributed by atoms with van der Waals surface area (Å²) in [5, 5.41) is 12.9. The number of benzene rings is 3. The number of rotatable bonds is 7. The summed E-state index contributed by atoms with van der Waals surface area (Å²) in [6, 6.07) is 19.9. The van der Waals surface area contributed by atoms with Gasteiger partial charge >= 0.3 is 0 Å². The number of nitrogens with one attached hydrogen (secondary N) is 1. The SMILES string of the molecule is COc1ccc([C@@H]2Nc3ccccc3-c3nnc(SCc4ccc(C)cc4)nc3O2)c(OC)c1OC. The van der Waals surface area contributed by atoms with Gasteiger partial charge in [0.25, 0.3) is 0 Å². The van der Waals surface area contributed by atoms with Crippen molar-refractivity contribution >= 4 is 17.4 Å². The van der Waals surface area contributed by atoms with Gasteiger partial charge in [-0.1, -0.05) is 59.8 Å². The van der Waals surface area contributed by atoms with Crippen LogP contribution in [0.1, 0.15) is 22.9 Å². The lowest BCUT2D eigenvalue weighted by Crippen LogP contribution is -2.18. The number of anilines is 1. The highest BCUT2D eigenvalue weighted by Crippen LogP contribution is 2.46. The minimum Gasteiger partial charge on any atom is -0.493 e. The molecule has 4 aromatic rings. The summed E-state index contributed by atoms with van der Waals surface area (Å²) in [5.41, 5.74) is 5.40. The summed E-state index contributed by atoms with van der Waals surface area (Å²) >= 11 is 1.51. The first-order valence-electron chi connectivity index (χ1n) is 11.4. The van der Waals surface area contributed by atoms with E-state index >= 15 is 0 Å². The molecule has 0 saturated carbocycles. The Morgan fingerprint density at radius 3 is 2.42 bits per heavy atom. The van der Waals surface area contributed by atoms with E-state index in [1.807, 2.05) is 36.4 Å². The predicted octanol–water partition coefficient (Wildman–Crippen LogP) is 5.67. The van der Waals surface area contributed by atoms with Gasteiger partial charge in [-0.15, -0.1) is 10.2 Å². The van der Waals surface area contributed by atoms with E-state index in [2.05, 4.69) is 46.7 Å². The van der Waals surface area contributed by atoms with Crippen LogP contribution in [0.4, 0.5) is 5.69 Å². The van der Waals surface area contributed by atoms with E-state index in [0.29, 0.717) is 34.0 Å². The van der Waals surface area contributed by atoms with Crippen molar-refractivity contribution in [3.8, 4) is 34.4 Å². The number of hydrogen-bond acceptors (Lipinski definition) is 9. The van der Waals surface area contributed by atoms with Crippen molar-refractivity contribution in [2.75, 3.05) is 26.6 Å². The third kappa shape index (κ3) is 4.61. The van der Waals surface area contributed by atoms with Crippen LogP contribution in [-0.4, -0.2) is 36.5 Å². The fraction of sp³-hybridized carbons (Fsp3) is 0.222. The molecule has 0 radical (unpaired) electrons. The Kier molecular flexibility index (Phi) is 6.81. The van der Waals surface area contributed by atoms with Crippen LogP contribution < -0.4 is 24.3 Å². The van der Waals surface area contributed by atoms with Crippen molar-refractivity contribution < 1.29 is 18.9 Å². The normalized spacial score (nSPS) is 13.9. The molecule has 1 aliphatic rings. The topological polar surface area (TPSA) is 87.6 Å². The van der Waals surface area contributed by atoms with E-state index in [9.17, 15) is 0 Å². The second-order valence-corrected chi connectivity index (χ2v) is 9.08. The lowest BCUT2D eigenvalue weighted by Gasteiger charge is -2.23.